The molecule has 1 nitrogen and oxygen atoms in total. The summed E-state index contributed by atoms with van der Waals surface area (Å²) in [7, 11) is -3.32. The fourth-order valence-corrected chi connectivity index (χ4v) is 0.747. The van der Waals surface area contributed by atoms with Gasteiger partial charge >= 0.3 is 8.77 Å². The molecule has 56 valence electrons. The molecule has 0 rings (SSSR count). The first kappa shape index (κ1) is 9.55. The highest BCUT2D eigenvalue weighted by atomic mass is 31.2. The second-order valence-corrected chi connectivity index (χ2v) is 2.10. The lowest BCUT2D eigenvalue weighted by Gasteiger charge is -2.06. The highest BCUT2D eigenvalue weighted by molar-refractivity contribution is 7.40. The average molecular weight is 164 g/mol. The number of hydrogen-bond donors (Lipinski definition) is 0. The summed E-state index contributed by atoms with van der Waals surface area (Å²) in [5.74, 6) is 2.20. The van der Waals surface area contributed by atoms with Crippen molar-refractivity contribution < 1.29 is 12.9 Å². The van der Waals surface area contributed by atoms with Gasteiger partial charge in [0.15, 0.2) is 0 Å². The first-order valence-electron chi connectivity index (χ1n) is 2.55. The van der Waals surface area contributed by atoms with Crippen LogP contribution >= 0.6 is 8.77 Å². The molecule has 0 aliphatic rings. The van der Waals surface area contributed by atoms with Gasteiger partial charge in [0.2, 0.25) is 0 Å². The standard InChI is InChI=1S/C6H7F2OP/c1-3-5-6(4-2)9-10(7)8/h1,4,6H,2,5H2. The van der Waals surface area contributed by atoms with Crippen LogP contribution in [0.2, 0.25) is 0 Å². The Hall–Kier alpha value is -0.450. The van der Waals surface area contributed by atoms with Crippen molar-refractivity contribution in [3.8, 4) is 12.3 Å². The van der Waals surface area contributed by atoms with E-state index in [1.165, 1.54) is 6.08 Å². The van der Waals surface area contributed by atoms with Gasteiger partial charge in [0.05, 0.1) is 6.10 Å². The minimum atomic E-state index is -3.32. The van der Waals surface area contributed by atoms with E-state index in [0.717, 1.165) is 0 Å². The molecular weight excluding hydrogens is 157 g/mol. The van der Waals surface area contributed by atoms with Crippen LogP contribution in [0.25, 0.3) is 0 Å². The van der Waals surface area contributed by atoms with Gasteiger partial charge in [-0.1, -0.05) is 6.08 Å². The lowest BCUT2D eigenvalue weighted by Crippen LogP contribution is -2.02. The topological polar surface area (TPSA) is 9.23 Å². The Morgan fingerprint density at radius 3 is 2.70 bits per heavy atom. The predicted molar refractivity (Wildman–Crippen MR) is 37.7 cm³/mol. The summed E-state index contributed by atoms with van der Waals surface area (Å²) in [6.07, 6.45) is 5.58. The van der Waals surface area contributed by atoms with Crippen LogP contribution in [0, 0.1) is 12.3 Å². The second kappa shape index (κ2) is 5.34. The van der Waals surface area contributed by atoms with Crippen molar-refractivity contribution in [3.05, 3.63) is 12.7 Å². The van der Waals surface area contributed by atoms with Gasteiger partial charge in [0, 0.05) is 6.42 Å². The molecular formula is C6H7F2OP. The first-order chi connectivity index (χ1) is 4.70. The smallest absolute Gasteiger partial charge is 0.297 e. The largest absolute Gasteiger partial charge is 0.415 e. The molecule has 0 spiro atoms. The molecule has 0 N–H and O–H groups in total. The lowest BCUT2D eigenvalue weighted by atomic mass is 10.3. The van der Waals surface area contributed by atoms with E-state index in [2.05, 4.69) is 17.0 Å². The van der Waals surface area contributed by atoms with Crippen molar-refractivity contribution in [1.29, 1.82) is 0 Å². The van der Waals surface area contributed by atoms with Crippen molar-refractivity contribution in [2.75, 3.05) is 0 Å². The third-order valence-electron chi connectivity index (χ3n) is 0.797. The Balaban J connectivity index is 3.62. The molecule has 10 heavy (non-hydrogen) atoms. The van der Waals surface area contributed by atoms with Gasteiger partial charge in [-0.3, -0.25) is 4.52 Å². The molecule has 0 heterocycles. The Bertz CT molecular complexity index is 141. The maximum atomic E-state index is 11.5. The van der Waals surface area contributed by atoms with Crippen molar-refractivity contribution in [2.24, 2.45) is 0 Å². The van der Waals surface area contributed by atoms with Gasteiger partial charge < -0.3 is 0 Å². The average Bonchev–Trinajstić information content (AvgIpc) is 1.86. The molecule has 0 aliphatic carbocycles. The molecule has 0 aromatic rings. The molecule has 0 amide bonds. The minimum absolute atomic E-state index is 0.149. The molecule has 0 aliphatic heterocycles. The van der Waals surface area contributed by atoms with Crippen molar-refractivity contribution in [2.45, 2.75) is 12.5 Å². The molecule has 4 heteroatoms. The summed E-state index contributed by atoms with van der Waals surface area (Å²) >= 11 is 0. The van der Waals surface area contributed by atoms with Crippen LogP contribution in [0.3, 0.4) is 0 Å². The third kappa shape index (κ3) is 4.43. The van der Waals surface area contributed by atoms with Crippen LogP contribution in [0.4, 0.5) is 8.39 Å². The zero-order valence-electron chi connectivity index (χ0n) is 5.26. The fourth-order valence-electron chi connectivity index (χ4n) is 0.382. The van der Waals surface area contributed by atoms with Crippen molar-refractivity contribution in [1.82, 2.24) is 0 Å². The highest BCUT2D eigenvalue weighted by Gasteiger charge is 2.11. The zero-order chi connectivity index (χ0) is 7.98. The van der Waals surface area contributed by atoms with Crippen molar-refractivity contribution >= 4 is 8.77 Å². The van der Waals surface area contributed by atoms with Gasteiger partial charge in [0.1, 0.15) is 0 Å². The normalized spacial score (nSPS) is 12.6. The van der Waals surface area contributed by atoms with Gasteiger partial charge in [-0.05, 0) is 0 Å². The van der Waals surface area contributed by atoms with Crippen LogP contribution in [-0.4, -0.2) is 6.10 Å². The van der Waals surface area contributed by atoms with Gasteiger partial charge in [0.25, 0.3) is 0 Å². The maximum Gasteiger partial charge on any atom is 0.415 e. The van der Waals surface area contributed by atoms with Crippen LogP contribution in [0.5, 0.6) is 0 Å². The molecule has 0 fully saturated rings. The SMILES string of the molecule is C#CCC(C=C)OP(F)F. The number of halogens is 2. The Morgan fingerprint density at radius 2 is 2.40 bits per heavy atom. The molecule has 0 saturated heterocycles. The summed E-state index contributed by atoms with van der Waals surface area (Å²) in [4.78, 5) is 0. The molecule has 1 unspecified atom stereocenters. The van der Waals surface area contributed by atoms with Crippen LogP contribution < -0.4 is 0 Å². The Morgan fingerprint density at radius 1 is 1.80 bits per heavy atom. The van der Waals surface area contributed by atoms with Crippen LogP contribution in [-0.2, 0) is 4.52 Å². The lowest BCUT2D eigenvalue weighted by molar-refractivity contribution is 0.251. The van der Waals surface area contributed by atoms with E-state index >= 15 is 0 Å². The van der Waals surface area contributed by atoms with E-state index in [9.17, 15) is 8.39 Å². The predicted octanol–water partition coefficient (Wildman–Crippen LogP) is 2.75. The molecule has 0 bridgehead atoms. The molecule has 0 aromatic carbocycles. The van der Waals surface area contributed by atoms with E-state index in [1.54, 1.807) is 0 Å². The van der Waals surface area contributed by atoms with E-state index in [0.29, 0.717) is 0 Å². The molecule has 1 atom stereocenters. The summed E-state index contributed by atoms with van der Waals surface area (Å²) in [6.45, 7) is 3.29. The van der Waals surface area contributed by atoms with E-state index < -0.39 is 14.9 Å². The fraction of sp³-hybridized carbons (Fsp3) is 0.333. The summed E-state index contributed by atoms with van der Waals surface area (Å²) < 4.78 is 27.2. The van der Waals surface area contributed by atoms with E-state index in [-0.39, 0.29) is 6.42 Å². The quantitative estimate of drug-likeness (QED) is 0.352. The van der Waals surface area contributed by atoms with Crippen LogP contribution in [0.15, 0.2) is 12.7 Å². The van der Waals surface area contributed by atoms with E-state index in [1.807, 2.05) is 0 Å². The highest BCUT2D eigenvalue weighted by Crippen LogP contribution is 2.41. The summed E-state index contributed by atoms with van der Waals surface area (Å²) in [5, 5.41) is 0. The van der Waals surface area contributed by atoms with E-state index in [4.69, 9.17) is 6.42 Å². The second-order valence-electron chi connectivity index (χ2n) is 1.49. The third-order valence-corrected chi connectivity index (χ3v) is 1.23. The molecule has 0 saturated carbocycles. The number of terminal acetylenes is 1. The van der Waals surface area contributed by atoms with Gasteiger partial charge in [-0.25, -0.2) is 0 Å². The van der Waals surface area contributed by atoms with Crippen molar-refractivity contribution in [3.63, 3.8) is 0 Å². The Labute approximate surface area is 60.1 Å². The van der Waals surface area contributed by atoms with Crippen LogP contribution in [0.1, 0.15) is 6.42 Å². The number of rotatable bonds is 4. The monoisotopic (exact) mass is 164 g/mol. The zero-order valence-corrected chi connectivity index (χ0v) is 6.15. The number of hydrogen-bond acceptors (Lipinski definition) is 1. The maximum absolute atomic E-state index is 11.5. The first-order valence-corrected chi connectivity index (χ1v) is 3.59. The summed E-state index contributed by atoms with van der Waals surface area (Å²) in [5.41, 5.74) is 0. The Kier molecular flexibility index (Phi) is 5.10. The van der Waals surface area contributed by atoms with Gasteiger partial charge in [-0.2, -0.15) is 8.39 Å². The summed E-state index contributed by atoms with van der Waals surface area (Å²) in [6, 6.07) is 0. The molecule has 0 aromatic heterocycles. The molecule has 0 radical (unpaired) electrons. The van der Waals surface area contributed by atoms with Gasteiger partial charge in [-0.15, -0.1) is 18.9 Å². The minimum Gasteiger partial charge on any atom is -0.297 e.